The summed E-state index contributed by atoms with van der Waals surface area (Å²) in [5.41, 5.74) is 0.897. The first-order chi connectivity index (χ1) is 14.3. The Hall–Kier alpha value is -2.23. The summed E-state index contributed by atoms with van der Waals surface area (Å²) in [4.78, 5) is 24.5. The summed E-state index contributed by atoms with van der Waals surface area (Å²) in [6, 6.07) is 12.9. The van der Waals surface area contributed by atoms with Crippen LogP contribution in [0.25, 0.3) is 0 Å². The van der Waals surface area contributed by atoms with E-state index in [2.05, 4.69) is 33.5 Å². The van der Waals surface area contributed by atoms with Gasteiger partial charge in [-0.2, -0.15) is 4.31 Å². The number of carbonyl (C=O) groups is 2. The van der Waals surface area contributed by atoms with Gasteiger partial charge in [-0.05, 0) is 71.1 Å². The van der Waals surface area contributed by atoms with Gasteiger partial charge in [-0.1, -0.05) is 19.1 Å². The lowest BCUT2D eigenvalue weighted by Gasteiger charge is -2.29. The van der Waals surface area contributed by atoms with Crippen molar-refractivity contribution in [3.63, 3.8) is 0 Å². The van der Waals surface area contributed by atoms with Gasteiger partial charge in [0.1, 0.15) is 0 Å². The Labute approximate surface area is 185 Å². The molecule has 0 saturated carbocycles. The monoisotopic (exact) mass is 493 g/mol. The quantitative estimate of drug-likeness (QED) is 0.645. The summed E-state index contributed by atoms with van der Waals surface area (Å²) < 4.78 is 27.8. The molecule has 9 heteroatoms. The van der Waals surface area contributed by atoms with E-state index >= 15 is 0 Å². The molecule has 1 saturated heterocycles. The fraction of sp³-hybridized carbons (Fsp3) is 0.333. The van der Waals surface area contributed by atoms with Gasteiger partial charge >= 0.3 is 0 Å². The van der Waals surface area contributed by atoms with E-state index in [9.17, 15) is 18.0 Å². The molecule has 2 N–H and O–H groups in total. The second-order valence-electron chi connectivity index (χ2n) is 7.32. The van der Waals surface area contributed by atoms with E-state index in [1.165, 1.54) is 28.6 Å². The molecule has 0 unspecified atom stereocenters. The van der Waals surface area contributed by atoms with E-state index in [4.69, 9.17) is 0 Å². The average molecular weight is 494 g/mol. The number of nitrogens with zero attached hydrogens (tertiary/aromatic N) is 1. The number of anilines is 1. The summed E-state index contributed by atoms with van der Waals surface area (Å²) in [7, 11) is -3.56. The normalized spacial score (nSPS) is 15.5. The van der Waals surface area contributed by atoms with Gasteiger partial charge in [0.05, 0.1) is 17.1 Å². The number of nitrogens with one attached hydrogen (secondary N) is 2. The zero-order valence-electron chi connectivity index (χ0n) is 16.6. The molecule has 0 aliphatic carbocycles. The molecule has 1 aliphatic heterocycles. The number of amides is 2. The molecule has 0 spiro atoms. The molecular weight excluding hydrogens is 470 g/mol. The second-order valence-corrected chi connectivity index (χ2v) is 10.1. The Morgan fingerprint density at radius 3 is 2.33 bits per heavy atom. The van der Waals surface area contributed by atoms with Crippen molar-refractivity contribution in [3.05, 3.63) is 58.6 Å². The number of rotatable bonds is 6. The molecule has 1 fully saturated rings. The van der Waals surface area contributed by atoms with E-state index in [0.29, 0.717) is 24.7 Å². The van der Waals surface area contributed by atoms with Crippen LogP contribution in [0.15, 0.2) is 57.9 Å². The highest BCUT2D eigenvalue weighted by molar-refractivity contribution is 9.10. The van der Waals surface area contributed by atoms with Crippen molar-refractivity contribution in [2.75, 3.05) is 25.0 Å². The van der Waals surface area contributed by atoms with Crippen LogP contribution in [0, 0.1) is 5.92 Å². The summed E-state index contributed by atoms with van der Waals surface area (Å²) in [6.07, 6.45) is 1.70. The van der Waals surface area contributed by atoms with Gasteiger partial charge in [0.25, 0.3) is 5.91 Å². The molecule has 2 aromatic rings. The predicted molar refractivity (Wildman–Crippen MR) is 119 cm³/mol. The van der Waals surface area contributed by atoms with E-state index in [-0.39, 0.29) is 22.9 Å². The minimum Gasteiger partial charge on any atom is -0.343 e. The summed E-state index contributed by atoms with van der Waals surface area (Å²) >= 11 is 3.34. The first kappa shape index (κ1) is 22.5. The zero-order chi connectivity index (χ0) is 21.7. The van der Waals surface area contributed by atoms with E-state index in [0.717, 1.165) is 17.3 Å². The number of piperidine rings is 1. The Morgan fingerprint density at radius 2 is 1.70 bits per heavy atom. The fourth-order valence-electron chi connectivity index (χ4n) is 3.17. The highest BCUT2D eigenvalue weighted by Gasteiger charge is 2.28. The predicted octanol–water partition coefficient (Wildman–Crippen LogP) is 3.24. The lowest BCUT2D eigenvalue weighted by atomic mass is 10.0. The van der Waals surface area contributed by atoms with Crippen molar-refractivity contribution in [2.45, 2.75) is 24.7 Å². The van der Waals surface area contributed by atoms with Gasteiger partial charge in [-0.25, -0.2) is 8.42 Å². The van der Waals surface area contributed by atoms with Crippen LogP contribution >= 0.6 is 15.9 Å². The van der Waals surface area contributed by atoms with Crippen LogP contribution in [0.2, 0.25) is 0 Å². The maximum Gasteiger partial charge on any atom is 0.251 e. The molecule has 3 rings (SSSR count). The van der Waals surface area contributed by atoms with Gasteiger partial charge in [-0.15, -0.1) is 0 Å². The van der Waals surface area contributed by atoms with Crippen LogP contribution in [-0.4, -0.2) is 44.2 Å². The number of sulfonamides is 1. The molecule has 2 aromatic carbocycles. The van der Waals surface area contributed by atoms with Crippen molar-refractivity contribution < 1.29 is 18.0 Å². The standard InChI is InChI=1S/C21H24BrN3O4S/c1-15-10-12-25(13-11-15)30(28,29)17-8-6-16(7-9-17)21(27)23-14-20(26)24-19-5-3-2-4-18(19)22/h2-9,15H,10-14H2,1H3,(H,23,27)(H,24,26). The molecule has 0 radical (unpaired) electrons. The summed E-state index contributed by atoms with van der Waals surface area (Å²) in [5, 5.41) is 5.24. The van der Waals surface area contributed by atoms with Crippen molar-refractivity contribution in [1.29, 1.82) is 0 Å². The number of carbonyl (C=O) groups excluding carboxylic acids is 2. The Bertz CT molecular complexity index is 1020. The van der Waals surface area contributed by atoms with Crippen LogP contribution in [0.3, 0.4) is 0 Å². The van der Waals surface area contributed by atoms with Gasteiger partial charge < -0.3 is 10.6 Å². The number of benzene rings is 2. The van der Waals surface area contributed by atoms with Crippen LogP contribution in [0.4, 0.5) is 5.69 Å². The third-order valence-corrected chi connectivity index (χ3v) is 7.66. The lowest BCUT2D eigenvalue weighted by Crippen LogP contribution is -2.37. The van der Waals surface area contributed by atoms with E-state index in [1.54, 1.807) is 18.2 Å². The van der Waals surface area contributed by atoms with Crippen molar-refractivity contribution in [3.8, 4) is 0 Å². The van der Waals surface area contributed by atoms with Crippen LogP contribution in [0.1, 0.15) is 30.1 Å². The maximum atomic E-state index is 12.8. The third kappa shape index (κ3) is 5.47. The van der Waals surface area contributed by atoms with E-state index in [1.807, 2.05) is 6.07 Å². The van der Waals surface area contributed by atoms with Crippen LogP contribution in [0.5, 0.6) is 0 Å². The van der Waals surface area contributed by atoms with Crippen LogP contribution < -0.4 is 10.6 Å². The molecular formula is C21H24BrN3O4S. The molecule has 30 heavy (non-hydrogen) atoms. The lowest BCUT2D eigenvalue weighted by molar-refractivity contribution is -0.115. The van der Waals surface area contributed by atoms with Gasteiger partial charge in [-0.3, -0.25) is 9.59 Å². The first-order valence-corrected chi connectivity index (χ1v) is 11.9. The molecule has 1 aliphatic rings. The molecule has 7 nitrogen and oxygen atoms in total. The average Bonchev–Trinajstić information content (AvgIpc) is 2.74. The Morgan fingerprint density at radius 1 is 1.07 bits per heavy atom. The summed E-state index contributed by atoms with van der Waals surface area (Å²) in [5.74, 6) is -0.287. The highest BCUT2D eigenvalue weighted by Crippen LogP contribution is 2.24. The molecule has 0 aromatic heterocycles. The first-order valence-electron chi connectivity index (χ1n) is 9.70. The fourth-order valence-corrected chi connectivity index (χ4v) is 5.03. The van der Waals surface area contributed by atoms with Gasteiger partial charge in [0, 0.05) is 23.1 Å². The van der Waals surface area contributed by atoms with Crippen molar-refractivity contribution in [2.24, 2.45) is 5.92 Å². The number of hydrogen-bond donors (Lipinski definition) is 2. The minimum atomic E-state index is -3.56. The molecule has 1 heterocycles. The minimum absolute atomic E-state index is 0.167. The zero-order valence-corrected chi connectivity index (χ0v) is 19.0. The highest BCUT2D eigenvalue weighted by atomic mass is 79.9. The Kier molecular flexibility index (Phi) is 7.27. The molecule has 0 atom stereocenters. The number of para-hydroxylation sites is 1. The molecule has 2 amide bonds. The van der Waals surface area contributed by atoms with Gasteiger partial charge in [0.15, 0.2) is 0 Å². The Balaban J connectivity index is 1.57. The largest absolute Gasteiger partial charge is 0.343 e. The van der Waals surface area contributed by atoms with Crippen molar-refractivity contribution in [1.82, 2.24) is 9.62 Å². The number of halogens is 1. The summed E-state index contributed by atoms with van der Waals surface area (Å²) in [6.45, 7) is 2.94. The van der Waals surface area contributed by atoms with Crippen molar-refractivity contribution >= 4 is 43.5 Å². The number of hydrogen-bond acceptors (Lipinski definition) is 4. The van der Waals surface area contributed by atoms with E-state index < -0.39 is 15.9 Å². The van der Waals surface area contributed by atoms with Gasteiger partial charge in [0.2, 0.25) is 15.9 Å². The smallest absolute Gasteiger partial charge is 0.251 e. The topological polar surface area (TPSA) is 95.6 Å². The SMILES string of the molecule is CC1CCN(S(=O)(=O)c2ccc(C(=O)NCC(=O)Nc3ccccc3Br)cc2)CC1. The molecule has 0 bridgehead atoms. The third-order valence-electron chi connectivity index (χ3n) is 5.05. The second kappa shape index (κ2) is 9.72. The maximum absolute atomic E-state index is 12.8. The van der Waals surface area contributed by atoms with Crippen LogP contribution in [-0.2, 0) is 14.8 Å². The molecule has 160 valence electrons.